The Bertz CT molecular complexity index is 537. The number of hydrogen-bond acceptors (Lipinski definition) is 4. The third kappa shape index (κ3) is 3.16. The first kappa shape index (κ1) is 11.8. The fraction of sp³-hybridized carbons (Fsp3) is 0.400. The van der Waals surface area contributed by atoms with Crippen LogP contribution < -0.4 is 4.72 Å². The van der Waals surface area contributed by atoms with E-state index in [2.05, 4.69) is 9.71 Å². The Hall–Kier alpha value is -1.63. The van der Waals surface area contributed by atoms with Gasteiger partial charge in [0.2, 0.25) is 10.0 Å². The highest BCUT2D eigenvalue weighted by Crippen LogP contribution is 2.30. The molecule has 0 bridgehead atoms. The van der Waals surface area contributed by atoms with Crippen LogP contribution in [0.1, 0.15) is 23.3 Å². The molecular formula is C10H12N2O4S. The maximum absolute atomic E-state index is 11.7. The van der Waals surface area contributed by atoms with Gasteiger partial charge in [-0.05, 0) is 30.9 Å². The van der Waals surface area contributed by atoms with E-state index >= 15 is 0 Å². The molecule has 0 amide bonds. The van der Waals surface area contributed by atoms with Crippen LogP contribution >= 0.6 is 0 Å². The van der Waals surface area contributed by atoms with Crippen LogP contribution in [0.2, 0.25) is 0 Å². The van der Waals surface area contributed by atoms with Crippen molar-refractivity contribution in [2.75, 3.05) is 10.5 Å². The topological polar surface area (TPSA) is 96.4 Å². The number of rotatable bonds is 5. The van der Waals surface area contributed by atoms with Crippen LogP contribution in [-0.2, 0) is 10.0 Å². The summed E-state index contributed by atoms with van der Waals surface area (Å²) in [7, 11) is -3.48. The predicted octanol–water partition coefficient (Wildman–Crippen LogP) is 0.931. The van der Waals surface area contributed by atoms with Gasteiger partial charge in [0.25, 0.3) is 0 Å². The molecule has 0 atom stereocenters. The summed E-state index contributed by atoms with van der Waals surface area (Å²) in [5, 5.41) is 8.86. The number of nitrogens with one attached hydrogen (secondary N) is 1. The Labute approximate surface area is 98.7 Å². The van der Waals surface area contributed by atoms with Crippen molar-refractivity contribution >= 4 is 21.7 Å². The van der Waals surface area contributed by atoms with Gasteiger partial charge in [0.15, 0.2) is 5.69 Å². The number of carboxylic acids is 1. The molecule has 0 aromatic carbocycles. The maximum atomic E-state index is 11.7. The Morgan fingerprint density at radius 3 is 2.82 bits per heavy atom. The fourth-order valence-corrected chi connectivity index (χ4v) is 3.00. The van der Waals surface area contributed by atoms with Crippen molar-refractivity contribution in [3.8, 4) is 0 Å². The summed E-state index contributed by atoms with van der Waals surface area (Å²) in [5.41, 5.74) is -0.271. The first-order chi connectivity index (χ1) is 7.98. The number of nitrogens with zero attached hydrogens (tertiary/aromatic N) is 1. The second kappa shape index (κ2) is 4.33. The molecule has 0 spiro atoms. The average Bonchev–Trinajstić information content (AvgIpc) is 3.00. The van der Waals surface area contributed by atoms with Crippen molar-refractivity contribution in [3.63, 3.8) is 0 Å². The van der Waals surface area contributed by atoms with E-state index in [0.29, 0.717) is 0 Å². The number of sulfonamides is 1. The molecule has 6 nitrogen and oxygen atoms in total. The van der Waals surface area contributed by atoms with Gasteiger partial charge < -0.3 is 5.11 Å². The van der Waals surface area contributed by atoms with Crippen LogP contribution in [0.4, 0.5) is 5.69 Å². The Kier molecular flexibility index (Phi) is 3.01. The quantitative estimate of drug-likeness (QED) is 0.817. The summed E-state index contributed by atoms with van der Waals surface area (Å²) in [5.74, 6) is -1.01. The molecule has 0 unspecified atom stereocenters. The highest BCUT2D eigenvalue weighted by atomic mass is 32.2. The maximum Gasteiger partial charge on any atom is 0.356 e. The number of aromatic carboxylic acids is 1. The molecule has 1 aliphatic carbocycles. The van der Waals surface area contributed by atoms with Crippen LogP contribution in [0.15, 0.2) is 18.3 Å². The van der Waals surface area contributed by atoms with E-state index in [1.165, 1.54) is 18.3 Å². The molecule has 2 rings (SSSR count). The largest absolute Gasteiger partial charge is 0.476 e. The van der Waals surface area contributed by atoms with E-state index in [1.54, 1.807) is 0 Å². The minimum absolute atomic E-state index is 0.0145. The normalized spacial score (nSPS) is 15.5. The van der Waals surface area contributed by atoms with Gasteiger partial charge in [-0.1, -0.05) is 0 Å². The molecule has 1 heterocycles. The highest BCUT2D eigenvalue weighted by molar-refractivity contribution is 7.92. The summed E-state index contributed by atoms with van der Waals surface area (Å²) in [6, 6.07) is 2.88. The second-order valence-corrected chi connectivity index (χ2v) is 5.80. The molecule has 2 N–H and O–H groups in total. The molecule has 7 heteroatoms. The van der Waals surface area contributed by atoms with Gasteiger partial charge in [-0.3, -0.25) is 4.72 Å². The summed E-state index contributed by atoms with van der Waals surface area (Å²) < 4.78 is 25.7. The number of carbonyl (C=O) groups is 1. The Morgan fingerprint density at radius 1 is 1.53 bits per heavy atom. The lowest BCUT2D eigenvalue weighted by molar-refractivity contribution is 0.0692. The Balaban J connectivity index is 2.20. The predicted molar refractivity (Wildman–Crippen MR) is 61.3 cm³/mol. The van der Waals surface area contributed by atoms with E-state index < -0.39 is 16.0 Å². The number of hydrogen-bond donors (Lipinski definition) is 2. The van der Waals surface area contributed by atoms with Crippen molar-refractivity contribution in [2.24, 2.45) is 5.92 Å². The lowest BCUT2D eigenvalue weighted by Gasteiger charge is -2.08. The number of aromatic nitrogens is 1. The van der Waals surface area contributed by atoms with Crippen molar-refractivity contribution in [2.45, 2.75) is 12.8 Å². The van der Waals surface area contributed by atoms with Crippen LogP contribution in [0.3, 0.4) is 0 Å². The molecule has 1 saturated carbocycles. The van der Waals surface area contributed by atoms with E-state index in [9.17, 15) is 13.2 Å². The van der Waals surface area contributed by atoms with Gasteiger partial charge in [0, 0.05) is 6.20 Å². The van der Waals surface area contributed by atoms with Crippen LogP contribution in [-0.4, -0.2) is 30.2 Å². The SMILES string of the molecule is O=C(O)c1ncccc1NS(=O)(=O)CC1CC1. The molecule has 1 aliphatic rings. The lowest BCUT2D eigenvalue weighted by Crippen LogP contribution is -2.20. The molecular weight excluding hydrogens is 244 g/mol. The molecule has 0 aliphatic heterocycles. The molecule has 1 aromatic rings. The van der Waals surface area contributed by atoms with E-state index in [4.69, 9.17) is 5.11 Å². The van der Waals surface area contributed by atoms with Crippen LogP contribution in [0.25, 0.3) is 0 Å². The van der Waals surface area contributed by atoms with Gasteiger partial charge in [0.1, 0.15) is 0 Å². The van der Waals surface area contributed by atoms with Gasteiger partial charge >= 0.3 is 5.97 Å². The molecule has 1 fully saturated rings. The monoisotopic (exact) mass is 256 g/mol. The van der Waals surface area contributed by atoms with Crippen molar-refractivity contribution in [1.29, 1.82) is 0 Å². The van der Waals surface area contributed by atoms with E-state index in [-0.39, 0.29) is 23.1 Å². The van der Waals surface area contributed by atoms with Crippen LogP contribution in [0.5, 0.6) is 0 Å². The zero-order valence-corrected chi connectivity index (χ0v) is 9.77. The van der Waals surface area contributed by atoms with Crippen LogP contribution in [0, 0.1) is 5.92 Å². The van der Waals surface area contributed by atoms with Gasteiger partial charge in [-0.25, -0.2) is 18.2 Å². The van der Waals surface area contributed by atoms with Crippen molar-refractivity contribution < 1.29 is 18.3 Å². The van der Waals surface area contributed by atoms with Gasteiger partial charge in [-0.15, -0.1) is 0 Å². The summed E-state index contributed by atoms with van der Waals surface area (Å²) in [6.07, 6.45) is 3.14. The van der Waals surface area contributed by atoms with E-state index in [1.807, 2.05) is 0 Å². The third-order valence-electron chi connectivity index (χ3n) is 2.43. The zero-order chi connectivity index (χ0) is 12.5. The zero-order valence-electron chi connectivity index (χ0n) is 8.96. The van der Waals surface area contributed by atoms with Crippen molar-refractivity contribution in [3.05, 3.63) is 24.0 Å². The van der Waals surface area contributed by atoms with Gasteiger partial charge in [0.05, 0.1) is 11.4 Å². The summed E-state index contributed by atoms with van der Waals surface area (Å²) >= 11 is 0. The average molecular weight is 256 g/mol. The van der Waals surface area contributed by atoms with Crippen molar-refractivity contribution in [1.82, 2.24) is 4.98 Å². The fourth-order valence-electron chi connectivity index (χ4n) is 1.46. The second-order valence-electron chi connectivity index (χ2n) is 4.03. The number of pyridine rings is 1. The molecule has 0 saturated heterocycles. The molecule has 0 radical (unpaired) electrons. The minimum atomic E-state index is -3.48. The summed E-state index contributed by atoms with van der Waals surface area (Å²) in [6.45, 7) is 0. The Morgan fingerprint density at radius 2 is 2.24 bits per heavy atom. The molecule has 1 aromatic heterocycles. The third-order valence-corrected chi connectivity index (χ3v) is 3.87. The minimum Gasteiger partial charge on any atom is -0.476 e. The first-order valence-corrected chi connectivity index (χ1v) is 6.82. The summed E-state index contributed by atoms with van der Waals surface area (Å²) in [4.78, 5) is 14.5. The highest BCUT2D eigenvalue weighted by Gasteiger charge is 2.28. The lowest BCUT2D eigenvalue weighted by atomic mass is 10.3. The van der Waals surface area contributed by atoms with Gasteiger partial charge in [-0.2, -0.15) is 0 Å². The smallest absolute Gasteiger partial charge is 0.356 e. The molecule has 92 valence electrons. The number of carboxylic acid groups (broad SMARTS) is 1. The molecule has 17 heavy (non-hydrogen) atoms. The number of anilines is 1. The first-order valence-electron chi connectivity index (χ1n) is 5.17. The van der Waals surface area contributed by atoms with E-state index in [0.717, 1.165) is 12.8 Å². The standard InChI is InChI=1S/C10H12N2O4S/c13-10(14)9-8(2-1-5-11-9)12-17(15,16)6-7-3-4-7/h1-2,5,7,12H,3-4,6H2,(H,13,14).